The fourth-order valence-corrected chi connectivity index (χ4v) is 1.45. The summed E-state index contributed by atoms with van der Waals surface area (Å²) in [5, 5.41) is -0.103. The zero-order chi connectivity index (χ0) is 11.5. The van der Waals surface area contributed by atoms with Crippen LogP contribution in [0, 0.1) is 0 Å². The Morgan fingerprint density at radius 1 is 1.33 bits per heavy atom. The van der Waals surface area contributed by atoms with E-state index < -0.39 is 11.7 Å². The van der Waals surface area contributed by atoms with Crippen LogP contribution in [0.15, 0.2) is 24.3 Å². The van der Waals surface area contributed by atoms with Gasteiger partial charge < -0.3 is 0 Å². The zero-order valence-corrected chi connectivity index (χ0v) is 9.07. The molecule has 1 atom stereocenters. The maximum Gasteiger partial charge on any atom is 0.416 e. The monoisotopic (exact) mass is 236 g/mol. The van der Waals surface area contributed by atoms with Crippen molar-refractivity contribution in [3.05, 3.63) is 35.4 Å². The van der Waals surface area contributed by atoms with Gasteiger partial charge in [0.2, 0.25) is 0 Å². The van der Waals surface area contributed by atoms with Gasteiger partial charge in [0.15, 0.2) is 0 Å². The summed E-state index contributed by atoms with van der Waals surface area (Å²) < 4.78 is 37.1. The second-order valence-electron chi connectivity index (χ2n) is 3.41. The van der Waals surface area contributed by atoms with Crippen molar-refractivity contribution in [2.75, 3.05) is 0 Å². The van der Waals surface area contributed by atoms with E-state index in [9.17, 15) is 13.2 Å². The molecule has 0 aliphatic carbocycles. The molecule has 0 aliphatic rings. The molecule has 0 radical (unpaired) electrons. The van der Waals surface area contributed by atoms with E-state index in [1.165, 1.54) is 6.07 Å². The van der Waals surface area contributed by atoms with Crippen LogP contribution in [0.3, 0.4) is 0 Å². The predicted molar refractivity (Wildman–Crippen MR) is 55.1 cm³/mol. The quantitative estimate of drug-likeness (QED) is 0.688. The van der Waals surface area contributed by atoms with Crippen LogP contribution in [0.4, 0.5) is 13.2 Å². The van der Waals surface area contributed by atoms with E-state index in [4.69, 9.17) is 11.6 Å². The third-order valence-corrected chi connectivity index (χ3v) is 2.62. The number of hydrogen-bond acceptors (Lipinski definition) is 0. The van der Waals surface area contributed by atoms with Gasteiger partial charge in [-0.2, -0.15) is 13.2 Å². The lowest BCUT2D eigenvalue weighted by molar-refractivity contribution is -0.137. The second kappa shape index (κ2) is 4.88. The molecule has 4 heteroatoms. The van der Waals surface area contributed by atoms with Crippen LogP contribution in [0.1, 0.15) is 24.5 Å². The number of benzene rings is 1. The fraction of sp³-hybridized carbons (Fsp3) is 0.455. The molecule has 1 aromatic rings. The third-order valence-electron chi connectivity index (χ3n) is 2.15. The SMILES string of the molecule is CCC(Cl)Cc1cccc(C(F)(F)F)c1. The van der Waals surface area contributed by atoms with Gasteiger partial charge in [-0.15, -0.1) is 11.6 Å². The Bertz CT molecular complexity index is 320. The summed E-state index contributed by atoms with van der Waals surface area (Å²) in [6.45, 7) is 1.91. The first-order valence-electron chi connectivity index (χ1n) is 4.73. The summed E-state index contributed by atoms with van der Waals surface area (Å²) in [5.74, 6) is 0. The van der Waals surface area contributed by atoms with Crippen molar-refractivity contribution < 1.29 is 13.2 Å². The fourth-order valence-electron chi connectivity index (χ4n) is 1.27. The molecule has 84 valence electrons. The molecule has 0 fully saturated rings. The van der Waals surface area contributed by atoms with Crippen molar-refractivity contribution in [2.45, 2.75) is 31.3 Å². The molecule has 15 heavy (non-hydrogen) atoms. The highest BCUT2D eigenvalue weighted by Crippen LogP contribution is 2.29. The van der Waals surface area contributed by atoms with E-state index in [-0.39, 0.29) is 5.38 Å². The normalized spacial score (nSPS) is 13.9. The molecule has 0 amide bonds. The van der Waals surface area contributed by atoms with Crippen LogP contribution in [-0.4, -0.2) is 5.38 Å². The first-order valence-corrected chi connectivity index (χ1v) is 5.17. The predicted octanol–water partition coefficient (Wildman–Crippen LogP) is 4.27. The molecule has 0 spiro atoms. The summed E-state index contributed by atoms with van der Waals surface area (Å²) in [6, 6.07) is 5.31. The average Bonchev–Trinajstić information content (AvgIpc) is 2.17. The van der Waals surface area contributed by atoms with Crippen LogP contribution in [0.25, 0.3) is 0 Å². The Hall–Kier alpha value is -0.700. The Balaban J connectivity index is 2.84. The standard InChI is InChI=1S/C11H12ClF3/c1-2-10(12)7-8-4-3-5-9(6-8)11(13,14)15/h3-6,10H,2,7H2,1H3. The van der Waals surface area contributed by atoms with Crippen molar-refractivity contribution in [3.8, 4) is 0 Å². The van der Waals surface area contributed by atoms with Gasteiger partial charge >= 0.3 is 6.18 Å². The van der Waals surface area contributed by atoms with Gasteiger partial charge in [-0.3, -0.25) is 0 Å². The minimum absolute atomic E-state index is 0.103. The number of halogens is 4. The van der Waals surface area contributed by atoms with E-state index in [0.29, 0.717) is 12.0 Å². The zero-order valence-electron chi connectivity index (χ0n) is 8.31. The van der Waals surface area contributed by atoms with E-state index >= 15 is 0 Å². The number of rotatable bonds is 3. The molecule has 0 heterocycles. The first-order chi connectivity index (χ1) is 6.93. The molecule has 0 N–H and O–H groups in total. The Morgan fingerprint density at radius 2 is 2.00 bits per heavy atom. The molecule has 1 aromatic carbocycles. The lowest BCUT2D eigenvalue weighted by atomic mass is 10.1. The smallest absolute Gasteiger partial charge is 0.166 e. The highest BCUT2D eigenvalue weighted by atomic mass is 35.5. The van der Waals surface area contributed by atoms with Crippen LogP contribution < -0.4 is 0 Å². The van der Waals surface area contributed by atoms with E-state index in [2.05, 4.69) is 0 Å². The molecule has 1 rings (SSSR count). The van der Waals surface area contributed by atoms with E-state index in [1.807, 2.05) is 6.92 Å². The van der Waals surface area contributed by atoms with Gasteiger partial charge in [-0.25, -0.2) is 0 Å². The highest BCUT2D eigenvalue weighted by molar-refractivity contribution is 6.20. The Labute approximate surface area is 92.1 Å². The molecule has 0 aromatic heterocycles. The number of alkyl halides is 4. The molecule has 0 aliphatic heterocycles. The van der Waals surface area contributed by atoms with Gasteiger partial charge in [0, 0.05) is 5.38 Å². The topological polar surface area (TPSA) is 0 Å². The molecule has 0 nitrogen and oxygen atoms in total. The lowest BCUT2D eigenvalue weighted by Crippen LogP contribution is -2.07. The van der Waals surface area contributed by atoms with Crippen molar-refractivity contribution in [1.29, 1.82) is 0 Å². The van der Waals surface area contributed by atoms with Crippen LogP contribution in [0.5, 0.6) is 0 Å². The molecule has 0 bridgehead atoms. The van der Waals surface area contributed by atoms with Crippen molar-refractivity contribution in [1.82, 2.24) is 0 Å². The summed E-state index contributed by atoms with van der Waals surface area (Å²) in [7, 11) is 0. The van der Waals surface area contributed by atoms with Gasteiger partial charge in [0.05, 0.1) is 5.56 Å². The average molecular weight is 237 g/mol. The molecular formula is C11H12ClF3. The van der Waals surface area contributed by atoms with Crippen LogP contribution in [-0.2, 0) is 12.6 Å². The molecular weight excluding hydrogens is 225 g/mol. The largest absolute Gasteiger partial charge is 0.416 e. The Kier molecular flexibility index (Phi) is 4.03. The molecule has 1 unspecified atom stereocenters. The highest BCUT2D eigenvalue weighted by Gasteiger charge is 2.30. The third kappa shape index (κ3) is 3.74. The van der Waals surface area contributed by atoms with Crippen LogP contribution >= 0.6 is 11.6 Å². The molecule has 0 saturated carbocycles. The van der Waals surface area contributed by atoms with Crippen molar-refractivity contribution in [2.24, 2.45) is 0 Å². The maximum atomic E-state index is 12.4. The number of hydrogen-bond donors (Lipinski definition) is 0. The van der Waals surface area contributed by atoms with Crippen molar-refractivity contribution >= 4 is 11.6 Å². The van der Waals surface area contributed by atoms with Crippen LogP contribution in [0.2, 0.25) is 0 Å². The van der Waals surface area contributed by atoms with Gasteiger partial charge in [-0.1, -0.05) is 25.1 Å². The Morgan fingerprint density at radius 3 is 2.53 bits per heavy atom. The lowest BCUT2D eigenvalue weighted by Gasteiger charge is -2.10. The summed E-state index contributed by atoms with van der Waals surface area (Å²) in [6.07, 6.45) is -3.05. The molecule has 0 saturated heterocycles. The van der Waals surface area contributed by atoms with Crippen molar-refractivity contribution in [3.63, 3.8) is 0 Å². The summed E-state index contributed by atoms with van der Waals surface area (Å²) in [5.41, 5.74) is 0.0200. The van der Waals surface area contributed by atoms with Gasteiger partial charge in [0.25, 0.3) is 0 Å². The van der Waals surface area contributed by atoms with E-state index in [1.54, 1.807) is 6.07 Å². The first kappa shape index (κ1) is 12.4. The van der Waals surface area contributed by atoms with E-state index in [0.717, 1.165) is 18.6 Å². The minimum Gasteiger partial charge on any atom is -0.166 e. The van der Waals surface area contributed by atoms with Gasteiger partial charge in [0.1, 0.15) is 0 Å². The maximum absolute atomic E-state index is 12.4. The summed E-state index contributed by atoms with van der Waals surface area (Å²) in [4.78, 5) is 0. The second-order valence-corrected chi connectivity index (χ2v) is 4.03. The van der Waals surface area contributed by atoms with Gasteiger partial charge in [-0.05, 0) is 24.5 Å². The minimum atomic E-state index is -4.27. The summed E-state index contributed by atoms with van der Waals surface area (Å²) >= 11 is 5.89.